The molecule has 15 heavy (non-hydrogen) atoms. The molecule has 0 aromatic carbocycles. The zero-order valence-electron chi connectivity index (χ0n) is 8.99. The van der Waals surface area contributed by atoms with Gasteiger partial charge in [0, 0.05) is 13.1 Å². The number of hydrogen-bond donors (Lipinski definition) is 1. The van der Waals surface area contributed by atoms with E-state index in [1.165, 1.54) is 0 Å². The summed E-state index contributed by atoms with van der Waals surface area (Å²) < 4.78 is 2.86. The lowest BCUT2D eigenvalue weighted by atomic mass is 10.1. The smallest absolute Gasteiger partial charge is 0.136 e. The molecule has 4 nitrogen and oxygen atoms in total. The van der Waals surface area contributed by atoms with Crippen LogP contribution in [0.3, 0.4) is 0 Å². The molecular formula is C10H17BrN4. The first kappa shape index (κ1) is 11.0. The minimum Gasteiger partial charge on any atom is -0.383 e. The van der Waals surface area contributed by atoms with Crippen molar-refractivity contribution in [2.45, 2.75) is 25.8 Å². The molecule has 0 aliphatic carbocycles. The molecule has 1 aliphatic rings. The van der Waals surface area contributed by atoms with Crippen LogP contribution in [-0.4, -0.2) is 34.3 Å². The van der Waals surface area contributed by atoms with Crippen LogP contribution in [0.5, 0.6) is 0 Å². The Hall–Kier alpha value is -0.550. The average Bonchev–Trinajstić information content (AvgIpc) is 2.60. The van der Waals surface area contributed by atoms with E-state index in [1.54, 1.807) is 6.20 Å². The zero-order chi connectivity index (χ0) is 10.8. The maximum atomic E-state index is 5.94. The Morgan fingerprint density at radius 3 is 2.67 bits per heavy atom. The standard InChI is InChI=1S/C10H17BrN4/c1-2-14-5-3-8(4-6-14)15-10(12)9(11)7-13-15/h7-8H,2-6,12H2,1H3. The lowest BCUT2D eigenvalue weighted by Gasteiger charge is -2.31. The summed E-state index contributed by atoms with van der Waals surface area (Å²) in [6.45, 7) is 5.65. The molecule has 2 heterocycles. The third-order valence-corrected chi connectivity index (χ3v) is 3.75. The molecule has 2 N–H and O–H groups in total. The second-order valence-corrected chi connectivity index (χ2v) is 4.84. The van der Waals surface area contributed by atoms with E-state index in [9.17, 15) is 0 Å². The predicted octanol–water partition coefficient (Wildman–Crippen LogP) is 1.88. The molecule has 2 rings (SSSR count). The van der Waals surface area contributed by atoms with Crippen LogP contribution in [0, 0.1) is 0 Å². The number of nitrogens with two attached hydrogens (primary N) is 1. The van der Waals surface area contributed by atoms with Crippen molar-refractivity contribution in [3.8, 4) is 0 Å². The molecule has 84 valence electrons. The highest BCUT2D eigenvalue weighted by atomic mass is 79.9. The van der Waals surface area contributed by atoms with Crippen molar-refractivity contribution in [1.29, 1.82) is 0 Å². The second kappa shape index (κ2) is 4.53. The van der Waals surface area contributed by atoms with Gasteiger partial charge in [-0.3, -0.25) is 0 Å². The molecular weight excluding hydrogens is 256 g/mol. The van der Waals surface area contributed by atoms with E-state index in [0.717, 1.165) is 42.8 Å². The first-order valence-electron chi connectivity index (χ1n) is 5.43. The Morgan fingerprint density at radius 1 is 1.53 bits per heavy atom. The molecule has 1 saturated heterocycles. The molecule has 0 amide bonds. The third kappa shape index (κ3) is 2.18. The third-order valence-electron chi connectivity index (χ3n) is 3.14. The van der Waals surface area contributed by atoms with Gasteiger partial charge in [-0.25, -0.2) is 4.68 Å². The number of likely N-dealkylation sites (tertiary alicyclic amines) is 1. The number of rotatable bonds is 2. The van der Waals surface area contributed by atoms with E-state index in [1.807, 2.05) is 4.68 Å². The molecule has 1 fully saturated rings. The summed E-state index contributed by atoms with van der Waals surface area (Å²) in [5, 5.41) is 4.32. The van der Waals surface area contributed by atoms with E-state index in [4.69, 9.17) is 5.73 Å². The largest absolute Gasteiger partial charge is 0.383 e. The number of aromatic nitrogens is 2. The van der Waals surface area contributed by atoms with Crippen molar-refractivity contribution in [2.24, 2.45) is 0 Å². The minimum atomic E-state index is 0.471. The van der Waals surface area contributed by atoms with E-state index >= 15 is 0 Å². The van der Waals surface area contributed by atoms with Crippen LogP contribution in [0.4, 0.5) is 5.82 Å². The molecule has 5 heteroatoms. The van der Waals surface area contributed by atoms with Crippen LogP contribution < -0.4 is 5.73 Å². The minimum absolute atomic E-state index is 0.471. The van der Waals surface area contributed by atoms with Crippen molar-refractivity contribution in [1.82, 2.24) is 14.7 Å². The van der Waals surface area contributed by atoms with E-state index < -0.39 is 0 Å². The Balaban J connectivity index is 2.04. The van der Waals surface area contributed by atoms with Crippen LogP contribution in [-0.2, 0) is 0 Å². The van der Waals surface area contributed by atoms with Gasteiger partial charge in [0.25, 0.3) is 0 Å². The van der Waals surface area contributed by atoms with Crippen LogP contribution >= 0.6 is 15.9 Å². The summed E-state index contributed by atoms with van der Waals surface area (Å²) in [7, 11) is 0. The van der Waals surface area contributed by atoms with Gasteiger partial charge in [-0.15, -0.1) is 0 Å². The molecule has 0 unspecified atom stereocenters. The second-order valence-electron chi connectivity index (χ2n) is 3.99. The highest BCUT2D eigenvalue weighted by Gasteiger charge is 2.21. The highest BCUT2D eigenvalue weighted by molar-refractivity contribution is 9.10. The van der Waals surface area contributed by atoms with Crippen LogP contribution in [0.2, 0.25) is 0 Å². The van der Waals surface area contributed by atoms with Crippen molar-refractivity contribution >= 4 is 21.7 Å². The maximum Gasteiger partial charge on any atom is 0.136 e. The summed E-state index contributed by atoms with van der Waals surface area (Å²) in [5.74, 6) is 0.755. The Labute approximate surface area is 98.6 Å². The van der Waals surface area contributed by atoms with Gasteiger partial charge in [0.2, 0.25) is 0 Å². The summed E-state index contributed by atoms with van der Waals surface area (Å²) in [5.41, 5.74) is 5.94. The number of piperidine rings is 1. The topological polar surface area (TPSA) is 47.1 Å². The first-order valence-corrected chi connectivity index (χ1v) is 6.22. The summed E-state index contributed by atoms with van der Waals surface area (Å²) >= 11 is 3.39. The number of nitrogens with zero attached hydrogens (tertiary/aromatic N) is 3. The Kier molecular flexibility index (Phi) is 3.31. The molecule has 0 atom stereocenters. The lowest BCUT2D eigenvalue weighted by molar-refractivity contribution is 0.189. The van der Waals surface area contributed by atoms with E-state index in [0.29, 0.717) is 6.04 Å². The molecule has 0 bridgehead atoms. The molecule has 0 spiro atoms. The van der Waals surface area contributed by atoms with Crippen molar-refractivity contribution in [3.05, 3.63) is 10.7 Å². The number of anilines is 1. The Morgan fingerprint density at radius 2 is 2.20 bits per heavy atom. The van der Waals surface area contributed by atoms with Gasteiger partial charge in [0.1, 0.15) is 5.82 Å². The predicted molar refractivity (Wildman–Crippen MR) is 64.7 cm³/mol. The highest BCUT2D eigenvalue weighted by Crippen LogP contribution is 2.27. The molecule has 1 aromatic rings. The number of halogens is 1. The number of nitrogen functional groups attached to an aromatic ring is 1. The number of hydrogen-bond acceptors (Lipinski definition) is 3. The van der Waals surface area contributed by atoms with Crippen LogP contribution in [0.25, 0.3) is 0 Å². The van der Waals surface area contributed by atoms with E-state index in [2.05, 4.69) is 32.9 Å². The summed E-state index contributed by atoms with van der Waals surface area (Å²) in [6, 6.07) is 0.471. The first-order chi connectivity index (χ1) is 7.22. The van der Waals surface area contributed by atoms with Gasteiger partial charge in [-0.05, 0) is 35.3 Å². The Bertz CT molecular complexity index is 328. The van der Waals surface area contributed by atoms with E-state index in [-0.39, 0.29) is 0 Å². The average molecular weight is 273 g/mol. The van der Waals surface area contributed by atoms with Crippen molar-refractivity contribution < 1.29 is 0 Å². The molecule has 1 aliphatic heterocycles. The quantitative estimate of drug-likeness (QED) is 0.895. The fourth-order valence-corrected chi connectivity index (χ4v) is 2.40. The summed E-state index contributed by atoms with van der Waals surface area (Å²) in [4.78, 5) is 2.46. The lowest BCUT2D eigenvalue weighted by Crippen LogP contribution is -2.34. The maximum absolute atomic E-state index is 5.94. The molecule has 0 radical (unpaired) electrons. The monoisotopic (exact) mass is 272 g/mol. The normalized spacial score (nSPS) is 19.6. The molecule has 0 saturated carbocycles. The van der Waals surface area contributed by atoms with Gasteiger partial charge in [0.15, 0.2) is 0 Å². The van der Waals surface area contributed by atoms with Crippen molar-refractivity contribution in [3.63, 3.8) is 0 Å². The molecule has 1 aromatic heterocycles. The van der Waals surface area contributed by atoms with Gasteiger partial charge >= 0.3 is 0 Å². The van der Waals surface area contributed by atoms with Crippen LogP contribution in [0.15, 0.2) is 10.7 Å². The summed E-state index contributed by atoms with van der Waals surface area (Å²) in [6.07, 6.45) is 4.07. The zero-order valence-corrected chi connectivity index (χ0v) is 10.6. The van der Waals surface area contributed by atoms with Crippen molar-refractivity contribution in [2.75, 3.05) is 25.4 Å². The SMILES string of the molecule is CCN1CCC(n2ncc(Br)c2N)CC1. The van der Waals surface area contributed by atoms with Gasteiger partial charge < -0.3 is 10.6 Å². The van der Waals surface area contributed by atoms with Gasteiger partial charge in [0.05, 0.1) is 16.7 Å². The fourth-order valence-electron chi connectivity index (χ4n) is 2.12. The van der Waals surface area contributed by atoms with Crippen LogP contribution in [0.1, 0.15) is 25.8 Å². The van der Waals surface area contributed by atoms with Gasteiger partial charge in [-0.1, -0.05) is 6.92 Å². The van der Waals surface area contributed by atoms with Gasteiger partial charge in [-0.2, -0.15) is 5.10 Å². The fraction of sp³-hybridized carbons (Fsp3) is 0.700.